The van der Waals surface area contributed by atoms with Gasteiger partial charge in [-0.25, -0.2) is 4.79 Å². The zero-order chi connectivity index (χ0) is 19.1. The van der Waals surface area contributed by atoms with E-state index in [1.807, 2.05) is 0 Å². The van der Waals surface area contributed by atoms with Gasteiger partial charge in [0.2, 0.25) is 13.4 Å². The van der Waals surface area contributed by atoms with Crippen LogP contribution in [-0.2, 0) is 14.4 Å². The largest absolute Gasteiger partial charge is 0.497 e. The Morgan fingerprint density at radius 2 is 1.85 bits per heavy atom. The van der Waals surface area contributed by atoms with E-state index in [1.165, 1.54) is 6.21 Å². The molecule has 1 heterocycles. The topological polar surface area (TPSA) is 92.7 Å². The predicted molar refractivity (Wildman–Crippen MR) is 94.4 cm³/mol. The number of hydrogen-bond donors (Lipinski definition) is 0. The summed E-state index contributed by atoms with van der Waals surface area (Å²) >= 11 is 0. The molecule has 8 nitrogen and oxygen atoms in total. The molecule has 0 spiro atoms. The molecule has 0 amide bonds. The lowest BCUT2D eigenvalue weighted by molar-refractivity contribution is -0.147. The fourth-order valence-corrected chi connectivity index (χ4v) is 2.22. The van der Waals surface area contributed by atoms with Crippen molar-refractivity contribution in [1.82, 2.24) is 0 Å². The average molecular weight is 371 g/mol. The van der Waals surface area contributed by atoms with Crippen LogP contribution < -0.4 is 14.2 Å². The van der Waals surface area contributed by atoms with Crippen LogP contribution in [0.4, 0.5) is 0 Å². The Hall–Kier alpha value is -3.55. The van der Waals surface area contributed by atoms with Gasteiger partial charge in [-0.2, -0.15) is 0 Å². The zero-order valence-electron chi connectivity index (χ0n) is 14.5. The van der Waals surface area contributed by atoms with Gasteiger partial charge in [-0.15, -0.1) is 0 Å². The molecule has 2 aromatic rings. The fourth-order valence-electron chi connectivity index (χ4n) is 2.22. The minimum absolute atomic E-state index is 0.121. The lowest BCUT2D eigenvalue weighted by Gasteiger charge is -2.04. The first-order chi connectivity index (χ1) is 13.2. The van der Waals surface area contributed by atoms with E-state index in [2.05, 4.69) is 5.16 Å². The Morgan fingerprint density at radius 3 is 2.63 bits per heavy atom. The fraction of sp³-hybridized carbons (Fsp3) is 0.211. The number of ketones is 1. The number of oxime groups is 1. The van der Waals surface area contributed by atoms with Crippen molar-refractivity contribution < 1.29 is 33.4 Å². The smallest absolute Gasteiger partial charge is 0.347 e. The average Bonchev–Trinajstić information content (AvgIpc) is 3.17. The summed E-state index contributed by atoms with van der Waals surface area (Å²) in [4.78, 5) is 28.6. The van der Waals surface area contributed by atoms with Gasteiger partial charge in [-0.05, 0) is 48.0 Å². The highest BCUT2D eigenvalue weighted by molar-refractivity contribution is 5.98. The van der Waals surface area contributed by atoms with Gasteiger partial charge in [0.1, 0.15) is 5.75 Å². The van der Waals surface area contributed by atoms with Crippen molar-refractivity contribution in [3.63, 3.8) is 0 Å². The molecule has 1 aliphatic heterocycles. The number of Topliss-reactive ketones (excluding diaryl/α,β-unsaturated/α-hetero) is 1. The molecule has 0 N–H and O–H groups in total. The molecule has 140 valence electrons. The minimum atomic E-state index is -0.698. The predicted octanol–water partition coefficient (Wildman–Crippen LogP) is 2.20. The van der Waals surface area contributed by atoms with Crippen LogP contribution in [0.25, 0.3) is 0 Å². The molecule has 0 bridgehead atoms. The van der Waals surface area contributed by atoms with E-state index >= 15 is 0 Å². The number of benzene rings is 2. The number of methoxy groups -OCH3 is 1. The number of carbonyl (C=O) groups is 2. The van der Waals surface area contributed by atoms with Gasteiger partial charge in [0.05, 0.1) is 13.3 Å². The summed E-state index contributed by atoms with van der Waals surface area (Å²) in [6.45, 7) is -0.679. The van der Waals surface area contributed by atoms with Crippen LogP contribution in [0.3, 0.4) is 0 Å². The first-order valence-corrected chi connectivity index (χ1v) is 8.03. The quantitative estimate of drug-likeness (QED) is 0.304. The van der Waals surface area contributed by atoms with Gasteiger partial charge in [-0.3, -0.25) is 4.79 Å². The van der Waals surface area contributed by atoms with Crippen molar-refractivity contribution in [2.75, 3.05) is 27.1 Å². The number of fused-ring (bicyclic) bond motifs is 1. The van der Waals surface area contributed by atoms with E-state index in [1.54, 1.807) is 49.6 Å². The van der Waals surface area contributed by atoms with E-state index in [-0.39, 0.29) is 12.6 Å². The molecule has 3 rings (SSSR count). The number of ether oxygens (including phenoxy) is 4. The summed E-state index contributed by atoms with van der Waals surface area (Å²) in [6.07, 6.45) is 1.45. The summed E-state index contributed by atoms with van der Waals surface area (Å²) in [7, 11) is 1.58. The molecule has 0 atom stereocenters. The lowest BCUT2D eigenvalue weighted by Crippen LogP contribution is -2.17. The van der Waals surface area contributed by atoms with Gasteiger partial charge < -0.3 is 23.8 Å². The Balaban J connectivity index is 1.40. The molecular weight excluding hydrogens is 354 g/mol. The number of esters is 1. The maximum atomic E-state index is 12.1. The SMILES string of the molecule is COc1ccc(/C=N\OCC(=O)OCC(=O)c2ccc3c(c2)OCO3)cc1. The Morgan fingerprint density at radius 1 is 1.07 bits per heavy atom. The summed E-state index contributed by atoms with van der Waals surface area (Å²) in [5, 5.41) is 3.68. The Bertz CT molecular complexity index is 846. The highest BCUT2D eigenvalue weighted by Crippen LogP contribution is 2.32. The molecule has 0 unspecified atom stereocenters. The monoisotopic (exact) mass is 371 g/mol. The normalized spacial score (nSPS) is 12.0. The summed E-state index contributed by atoms with van der Waals surface area (Å²) < 4.78 is 20.3. The van der Waals surface area contributed by atoms with Crippen molar-refractivity contribution in [2.24, 2.45) is 5.16 Å². The molecule has 0 saturated carbocycles. The van der Waals surface area contributed by atoms with E-state index in [4.69, 9.17) is 23.8 Å². The van der Waals surface area contributed by atoms with Crippen LogP contribution in [-0.4, -0.2) is 45.1 Å². The van der Waals surface area contributed by atoms with Gasteiger partial charge in [-0.1, -0.05) is 5.16 Å². The number of rotatable bonds is 8. The lowest BCUT2D eigenvalue weighted by atomic mass is 10.1. The van der Waals surface area contributed by atoms with E-state index in [9.17, 15) is 9.59 Å². The molecule has 27 heavy (non-hydrogen) atoms. The molecule has 0 aliphatic carbocycles. The van der Waals surface area contributed by atoms with E-state index in [0.717, 1.165) is 11.3 Å². The van der Waals surface area contributed by atoms with Gasteiger partial charge in [0, 0.05) is 5.56 Å². The standard InChI is InChI=1S/C19H17NO7/c1-23-15-5-2-13(3-6-15)9-20-27-11-19(22)24-10-16(21)14-4-7-17-18(8-14)26-12-25-17/h2-9H,10-12H2,1H3/b20-9-. The molecular formula is C19H17NO7. The molecule has 1 aliphatic rings. The third kappa shape index (κ3) is 4.97. The Labute approximate surface area is 155 Å². The van der Waals surface area contributed by atoms with Gasteiger partial charge in [0.25, 0.3) is 0 Å². The molecule has 2 aromatic carbocycles. The summed E-state index contributed by atoms with van der Waals surface area (Å²) in [5.41, 5.74) is 1.15. The number of nitrogens with zero attached hydrogens (tertiary/aromatic N) is 1. The first-order valence-electron chi connectivity index (χ1n) is 8.03. The van der Waals surface area contributed by atoms with Crippen LogP contribution in [0.1, 0.15) is 15.9 Å². The van der Waals surface area contributed by atoms with Crippen LogP contribution in [0.2, 0.25) is 0 Å². The summed E-state index contributed by atoms with van der Waals surface area (Å²) in [5.74, 6) is 0.734. The second-order valence-electron chi connectivity index (χ2n) is 5.43. The van der Waals surface area contributed by atoms with E-state index in [0.29, 0.717) is 17.1 Å². The molecule has 0 saturated heterocycles. The third-order valence-corrected chi connectivity index (χ3v) is 3.63. The molecule has 8 heteroatoms. The van der Waals surface area contributed by atoms with Crippen molar-refractivity contribution in [2.45, 2.75) is 0 Å². The molecule has 0 fully saturated rings. The number of carbonyl (C=O) groups excluding carboxylic acids is 2. The second-order valence-corrected chi connectivity index (χ2v) is 5.43. The van der Waals surface area contributed by atoms with Crippen LogP contribution >= 0.6 is 0 Å². The van der Waals surface area contributed by atoms with E-state index < -0.39 is 19.2 Å². The molecule has 0 aromatic heterocycles. The highest BCUT2D eigenvalue weighted by Gasteiger charge is 2.17. The molecule has 0 radical (unpaired) electrons. The second kappa shape index (κ2) is 8.70. The van der Waals surface area contributed by atoms with Gasteiger partial charge in [0.15, 0.2) is 23.9 Å². The van der Waals surface area contributed by atoms with Crippen LogP contribution in [0.5, 0.6) is 17.2 Å². The van der Waals surface area contributed by atoms with Crippen molar-refractivity contribution >= 4 is 18.0 Å². The maximum Gasteiger partial charge on any atom is 0.347 e. The summed E-state index contributed by atoms with van der Waals surface area (Å²) in [6, 6.07) is 11.9. The highest BCUT2D eigenvalue weighted by atomic mass is 16.7. The first kappa shape index (κ1) is 18.2. The van der Waals surface area contributed by atoms with Gasteiger partial charge >= 0.3 is 5.97 Å². The van der Waals surface area contributed by atoms with Crippen molar-refractivity contribution in [1.29, 1.82) is 0 Å². The van der Waals surface area contributed by atoms with Crippen molar-refractivity contribution in [3.8, 4) is 17.2 Å². The number of hydrogen-bond acceptors (Lipinski definition) is 8. The zero-order valence-corrected chi connectivity index (χ0v) is 14.5. The maximum absolute atomic E-state index is 12.1. The third-order valence-electron chi connectivity index (χ3n) is 3.63. The van der Waals surface area contributed by atoms with Crippen molar-refractivity contribution in [3.05, 3.63) is 53.6 Å². The Kier molecular flexibility index (Phi) is 5.88. The van der Waals surface area contributed by atoms with Crippen LogP contribution in [0.15, 0.2) is 47.6 Å². The minimum Gasteiger partial charge on any atom is -0.497 e. The van der Waals surface area contributed by atoms with Crippen LogP contribution in [0, 0.1) is 0 Å².